The molecule has 0 heterocycles. The highest BCUT2D eigenvalue weighted by Crippen LogP contribution is 1.96. The molecular formula is C10H21NO3. The molecule has 0 saturated heterocycles. The van der Waals surface area contributed by atoms with Crippen molar-refractivity contribution in [2.75, 3.05) is 20.3 Å². The van der Waals surface area contributed by atoms with Crippen molar-refractivity contribution in [2.45, 2.75) is 39.3 Å². The van der Waals surface area contributed by atoms with Crippen LogP contribution in [0, 0.1) is 0 Å². The zero-order valence-corrected chi connectivity index (χ0v) is 9.50. The van der Waals surface area contributed by atoms with Gasteiger partial charge in [-0.15, -0.1) is 0 Å². The molecule has 0 radical (unpaired) electrons. The second kappa shape index (κ2) is 7.76. The molecule has 0 aromatic rings. The van der Waals surface area contributed by atoms with Gasteiger partial charge in [0, 0.05) is 12.6 Å². The summed E-state index contributed by atoms with van der Waals surface area (Å²) in [5.41, 5.74) is 0. The van der Waals surface area contributed by atoms with Gasteiger partial charge >= 0.3 is 5.97 Å². The van der Waals surface area contributed by atoms with Crippen LogP contribution in [0.5, 0.6) is 0 Å². The molecule has 0 amide bonds. The molecule has 0 aromatic carbocycles. The smallest absolute Gasteiger partial charge is 0.322 e. The summed E-state index contributed by atoms with van der Waals surface area (Å²) in [7, 11) is 1.40. The summed E-state index contributed by atoms with van der Waals surface area (Å²) in [5.74, 6) is -0.212. The molecule has 0 aliphatic rings. The van der Waals surface area contributed by atoms with Crippen molar-refractivity contribution in [3.8, 4) is 0 Å². The summed E-state index contributed by atoms with van der Waals surface area (Å²) < 4.78 is 9.91. The van der Waals surface area contributed by atoms with Gasteiger partial charge in [-0.05, 0) is 20.3 Å². The number of carbonyl (C=O) groups excluding carboxylic acids is 1. The van der Waals surface area contributed by atoms with Crippen LogP contribution in [0.25, 0.3) is 0 Å². The lowest BCUT2D eigenvalue weighted by atomic mass is 10.2. The number of nitrogens with one attached hydrogen (secondary N) is 1. The summed E-state index contributed by atoms with van der Waals surface area (Å²) >= 11 is 0. The van der Waals surface area contributed by atoms with Crippen molar-refractivity contribution in [2.24, 2.45) is 0 Å². The highest BCUT2D eigenvalue weighted by Gasteiger charge is 2.18. The van der Waals surface area contributed by atoms with Crippen LogP contribution >= 0.6 is 0 Å². The van der Waals surface area contributed by atoms with E-state index >= 15 is 0 Å². The SMILES string of the molecule is CCOCC(C)NC(CC)C(=O)OC. The maximum atomic E-state index is 11.2. The fourth-order valence-corrected chi connectivity index (χ4v) is 1.18. The highest BCUT2D eigenvalue weighted by molar-refractivity contribution is 5.75. The summed E-state index contributed by atoms with van der Waals surface area (Å²) in [6.45, 7) is 7.19. The Morgan fingerprint density at radius 2 is 2.07 bits per heavy atom. The van der Waals surface area contributed by atoms with E-state index in [0.29, 0.717) is 13.2 Å². The summed E-state index contributed by atoms with van der Waals surface area (Å²) in [6.07, 6.45) is 0.725. The molecule has 0 bridgehead atoms. The molecule has 1 N–H and O–H groups in total. The molecule has 0 aliphatic heterocycles. The molecule has 84 valence electrons. The number of methoxy groups -OCH3 is 1. The van der Waals surface area contributed by atoms with Crippen LogP contribution in [0.3, 0.4) is 0 Å². The van der Waals surface area contributed by atoms with Gasteiger partial charge in [-0.3, -0.25) is 10.1 Å². The van der Waals surface area contributed by atoms with Crippen LogP contribution in [0.4, 0.5) is 0 Å². The van der Waals surface area contributed by atoms with Crippen molar-refractivity contribution in [3.63, 3.8) is 0 Å². The van der Waals surface area contributed by atoms with Crippen molar-refractivity contribution in [1.29, 1.82) is 0 Å². The van der Waals surface area contributed by atoms with Crippen LogP contribution in [-0.2, 0) is 14.3 Å². The summed E-state index contributed by atoms with van der Waals surface area (Å²) in [4.78, 5) is 11.2. The molecule has 2 atom stereocenters. The van der Waals surface area contributed by atoms with Gasteiger partial charge in [0.1, 0.15) is 6.04 Å². The van der Waals surface area contributed by atoms with E-state index < -0.39 is 0 Å². The largest absolute Gasteiger partial charge is 0.468 e. The van der Waals surface area contributed by atoms with E-state index in [-0.39, 0.29) is 18.1 Å². The number of hydrogen-bond donors (Lipinski definition) is 1. The van der Waals surface area contributed by atoms with Gasteiger partial charge in [0.05, 0.1) is 13.7 Å². The van der Waals surface area contributed by atoms with Gasteiger partial charge in [-0.2, -0.15) is 0 Å². The second-order valence-electron chi connectivity index (χ2n) is 3.21. The molecular weight excluding hydrogens is 182 g/mol. The molecule has 0 aliphatic carbocycles. The quantitative estimate of drug-likeness (QED) is 0.626. The Hall–Kier alpha value is -0.610. The third kappa shape index (κ3) is 5.19. The predicted molar refractivity (Wildman–Crippen MR) is 55.2 cm³/mol. The molecule has 0 fully saturated rings. The minimum atomic E-state index is -0.226. The van der Waals surface area contributed by atoms with Crippen LogP contribution in [-0.4, -0.2) is 38.4 Å². The van der Waals surface area contributed by atoms with E-state index in [1.54, 1.807) is 0 Å². The zero-order valence-electron chi connectivity index (χ0n) is 9.50. The number of esters is 1. The van der Waals surface area contributed by atoms with E-state index in [4.69, 9.17) is 4.74 Å². The van der Waals surface area contributed by atoms with E-state index in [2.05, 4.69) is 10.1 Å². The zero-order chi connectivity index (χ0) is 11.0. The van der Waals surface area contributed by atoms with Crippen LogP contribution in [0.1, 0.15) is 27.2 Å². The fraction of sp³-hybridized carbons (Fsp3) is 0.900. The van der Waals surface area contributed by atoms with E-state index in [9.17, 15) is 4.79 Å². The average molecular weight is 203 g/mol. The number of rotatable bonds is 7. The molecule has 4 nitrogen and oxygen atoms in total. The maximum absolute atomic E-state index is 11.2. The Morgan fingerprint density at radius 1 is 1.43 bits per heavy atom. The van der Waals surface area contributed by atoms with Gasteiger partial charge in [0.15, 0.2) is 0 Å². The molecule has 0 spiro atoms. The third-order valence-corrected chi connectivity index (χ3v) is 1.95. The number of hydrogen-bond acceptors (Lipinski definition) is 4. The minimum Gasteiger partial charge on any atom is -0.468 e. The van der Waals surface area contributed by atoms with Crippen LogP contribution in [0.2, 0.25) is 0 Å². The lowest BCUT2D eigenvalue weighted by Crippen LogP contribution is -2.44. The van der Waals surface area contributed by atoms with E-state index in [1.165, 1.54) is 7.11 Å². The topological polar surface area (TPSA) is 47.6 Å². The maximum Gasteiger partial charge on any atom is 0.322 e. The van der Waals surface area contributed by atoms with Crippen molar-refractivity contribution < 1.29 is 14.3 Å². The molecule has 4 heteroatoms. The first-order valence-electron chi connectivity index (χ1n) is 5.07. The second-order valence-corrected chi connectivity index (χ2v) is 3.21. The highest BCUT2D eigenvalue weighted by atomic mass is 16.5. The number of carbonyl (C=O) groups is 1. The average Bonchev–Trinajstić information content (AvgIpc) is 2.21. The molecule has 0 rings (SSSR count). The Morgan fingerprint density at radius 3 is 2.50 bits per heavy atom. The molecule has 14 heavy (non-hydrogen) atoms. The van der Waals surface area contributed by atoms with E-state index in [0.717, 1.165) is 6.42 Å². The van der Waals surface area contributed by atoms with Crippen molar-refractivity contribution in [1.82, 2.24) is 5.32 Å². The fourth-order valence-electron chi connectivity index (χ4n) is 1.18. The molecule has 0 saturated carbocycles. The number of ether oxygens (including phenoxy) is 2. The third-order valence-electron chi connectivity index (χ3n) is 1.95. The van der Waals surface area contributed by atoms with Crippen LogP contribution in [0.15, 0.2) is 0 Å². The lowest BCUT2D eigenvalue weighted by Gasteiger charge is -2.19. The molecule has 2 unspecified atom stereocenters. The Kier molecular flexibility index (Phi) is 7.42. The lowest BCUT2D eigenvalue weighted by molar-refractivity contribution is -0.143. The van der Waals surface area contributed by atoms with E-state index in [1.807, 2.05) is 20.8 Å². The first kappa shape index (κ1) is 13.4. The first-order chi connectivity index (χ1) is 6.65. The Bertz CT molecular complexity index is 161. The van der Waals surface area contributed by atoms with Crippen molar-refractivity contribution in [3.05, 3.63) is 0 Å². The monoisotopic (exact) mass is 203 g/mol. The van der Waals surface area contributed by atoms with Crippen LogP contribution < -0.4 is 5.32 Å². The predicted octanol–water partition coefficient (Wildman–Crippen LogP) is 0.953. The first-order valence-corrected chi connectivity index (χ1v) is 5.07. The van der Waals surface area contributed by atoms with Gasteiger partial charge in [0.2, 0.25) is 0 Å². The molecule has 0 aromatic heterocycles. The normalized spacial score (nSPS) is 14.9. The van der Waals surface area contributed by atoms with Gasteiger partial charge in [-0.25, -0.2) is 0 Å². The Balaban J connectivity index is 3.85. The standard InChI is InChI=1S/C10H21NO3/c1-5-9(10(12)13-4)11-8(3)7-14-6-2/h8-9,11H,5-7H2,1-4H3. The van der Waals surface area contributed by atoms with Gasteiger partial charge in [-0.1, -0.05) is 6.92 Å². The minimum absolute atomic E-state index is 0.166. The Labute approximate surface area is 86.0 Å². The van der Waals surface area contributed by atoms with Gasteiger partial charge < -0.3 is 9.47 Å². The summed E-state index contributed by atoms with van der Waals surface area (Å²) in [5, 5.41) is 3.15. The summed E-state index contributed by atoms with van der Waals surface area (Å²) in [6, 6.07) is -0.0607. The van der Waals surface area contributed by atoms with Crippen molar-refractivity contribution >= 4 is 5.97 Å². The van der Waals surface area contributed by atoms with Gasteiger partial charge in [0.25, 0.3) is 0 Å².